The van der Waals surface area contributed by atoms with E-state index in [-0.39, 0.29) is 46.2 Å². The Labute approximate surface area is 192 Å². The van der Waals surface area contributed by atoms with Gasteiger partial charge in [-0.25, -0.2) is 0 Å². The molecule has 32 heavy (non-hydrogen) atoms. The van der Waals surface area contributed by atoms with Gasteiger partial charge in [-0.05, 0) is 74.5 Å². The van der Waals surface area contributed by atoms with Crippen LogP contribution in [-0.4, -0.2) is 44.7 Å². The van der Waals surface area contributed by atoms with Gasteiger partial charge in [0.25, 0.3) is 0 Å². The van der Waals surface area contributed by atoms with Crippen molar-refractivity contribution in [3.05, 3.63) is 11.6 Å². The molecule has 0 spiro atoms. The van der Waals surface area contributed by atoms with Gasteiger partial charge in [0.1, 0.15) is 11.4 Å². The molecule has 4 aliphatic carbocycles. The van der Waals surface area contributed by atoms with Gasteiger partial charge in [-0.3, -0.25) is 9.59 Å². The van der Waals surface area contributed by atoms with Crippen molar-refractivity contribution in [3.8, 4) is 0 Å². The quantitative estimate of drug-likeness (QED) is 0.558. The molecule has 3 N–H and O–H groups in total. The SMILES string of the molecule is C[C@@H](CCC(=O)C(C)(C)O)[C@H]1C[C@H](O)[C@H]2C3=CC[C@H]4CC(=O)CC[C@]4(C)[C@H]3[C@H](O)C[C@]12C. The lowest BCUT2D eigenvalue weighted by Gasteiger charge is -2.58. The third-order valence-electron chi connectivity index (χ3n) is 10.1. The average molecular weight is 447 g/mol. The van der Waals surface area contributed by atoms with Gasteiger partial charge >= 0.3 is 0 Å². The summed E-state index contributed by atoms with van der Waals surface area (Å²) in [4.78, 5) is 24.4. The van der Waals surface area contributed by atoms with Crippen LogP contribution in [0, 0.1) is 40.4 Å². The second-order valence-corrected chi connectivity index (χ2v) is 12.5. The number of carbonyl (C=O) groups excluding carboxylic acids is 2. The number of allylic oxidation sites excluding steroid dienone is 1. The molecule has 0 aromatic carbocycles. The number of aliphatic hydroxyl groups excluding tert-OH is 2. The highest BCUT2D eigenvalue weighted by Crippen LogP contribution is 2.66. The predicted octanol–water partition coefficient (Wildman–Crippen LogP) is 3.83. The molecule has 0 aliphatic heterocycles. The Morgan fingerprint density at radius 1 is 1.19 bits per heavy atom. The lowest BCUT2D eigenvalue weighted by atomic mass is 9.46. The average Bonchev–Trinajstić information content (AvgIpc) is 2.95. The summed E-state index contributed by atoms with van der Waals surface area (Å²) >= 11 is 0. The molecule has 4 rings (SSSR count). The van der Waals surface area contributed by atoms with Crippen LogP contribution in [0.2, 0.25) is 0 Å². The van der Waals surface area contributed by atoms with E-state index in [1.165, 1.54) is 19.4 Å². The number of aliphatic hydroxyl groups is 3. The van der Waals surface area contributed by atoms with E-state index in [4.69, 9.17) is 0 Å². The maximum atomic E-state index is 12.3. The minimum atomic E-state index is -1.31. The van der Waals surface area contributed by atoms with Crippen molar-refractivity contribution in [2.75, 3.05) is 0 Å². The van der Waals surface area contributed by atoms with Crippen molar-refractivity contribution in [1.29, 1.82) is 0 Å². The highest BCUT2D eigenvalue weighted by Gasteiger charge is 2.63. The van der Waals surface area contributed by atoms with Crippen LogP contribution in [0.3, 0.4) is 0 Å². The number of fused-ring (bicyclic) bond motifs is 5. The van der Waals surface area contributed by atoms with E-state index >= 15 is 0 Å². The standard InChI is InChI=1S/C27H42O5/c1-15(6-9-22(31)25(2,3)32)19-13-20(29)23-18-8-7-16-12-17(28)10-11-26(16,4)24(18)21(30)14-27(19,23)5/h8,15-16,19-21,23-24,29-30,32H,6-7,9-14H2,1-5H3/t15-,16-,19+,20-,21+,23+,24+,26-,27+/m0/s1. The first-order chi connectivity index (χ1) is 14.8. The Balaban J connectivity index is 1.59. The second-order valence-electron chi connectivity index (χ2n) is 12.5. The van der Waals surface area contributed by atoms with Crippen molar-refractivity contribution in [1.82, 2.24) is 0 Å². The summed E-state index contributed by atoms with van der Waals surface area (Å²) in [6.45, 7) is 9.72. The van der Waals surface area contributed by atoms with Crippen molar-refractivity contribution < 1.29 is 24.9 Å². The van der Waals surface area contributed by atoms with Crippen molar-refractivity contribution >= 4 is 11.6 Å². The van der Waals surface area contributed by atoms with Gasteiger partial charge in [-0.2, -0.15) is 0 Å². The summed E-state index contributed by atoms with van der Waals surface area (Å²) in [5.74, 6) is 0.972. The molecule has 5 nitrogen and oxygen atoms in total. The molecule has 3 saturated carbocycles. The normalized spacial score (nSPS) is 44.9. The fourth-order valence-electron chi connectivity index (χ4n) is 8.29. The number of Topliss-reactive ketones (excluding diaryl/α,β-unsaturated/α-hetero) is 2. The van der Waals surface area contributed by atoms with E-state index in [9.17, 15) is 24.9 Å². The summed E-state index contributed by atoms with van der Waals surface area (Å²) in [6.07, 6.45) is 6.61. The van der Waals surface area contributed by atoms with Crippen LogP contribution in [0.25, 0.3) is 0 Å². The van der Waals surface area contributed by atoms with Gasteiger partial charge in [0.05, 0.1) is 12.2 Å². The molecule has 4 aliphatic rings. The number of ketones is 2. The van der Waals surface area contributed by atoms with E-state index in [0.29, 0.717) is 44.3 Å². The number of rotatable bonds is 5. The molecule has 0 unspecified atom stereocenters. The maximum absolute atomic E-state index is 12.3. The van der Waals surface area contributed by atoms with Crippen LogP contribution in [0.1, 0.15) is 86.0 Å². The molecule has 0 saturated heterocycles. The van der Waals surface area contributed by atoms with Gasteiger partial charge < -0.3 is 15.3 Å². The minimum absolute atomic E-state index is 0.0212. The van der Waals surface area contributed by atoms with E-state index in [2.05, 4.69) is 26.8 Å². The highest BCUT2D eigenvalue weighted by molar-refractivity contribution is 5.86. The second kappa shape index (κ2) is 8.02. The first-order valence-corrected chi connectivity index (χ1v) is 12.6. The third kappa shape index (κ3) is 3.73. The van der Waals surface area contributed by atoms with Crippen LogP contribution in [0.4, 0.5) is 0 Å². The lowest BCUT2D eigenvalue weighted by molar-refractivity contribution is -0.134. The van der Waals surface area contributed by atoms with Crippen LogP contribution >= 0.6 is 0 Å². The smallest absolute Gasteiger partial charge is 0.163 e. The maximum Gasteiger partial charge on any atom is 0.163 e. The van der Waals surface area contributed by atoms with E-state index in [1.54, 1.807) is 0 Å². The number of hydrogen-bond donors (Lipinski definition) is 3. The van der Waals surface area contributed by atoms with Crippen LogP contribution in [0.5, 0.6) is 0 Å². The molecule has 3 fully saturated rings. The molecule has 180 valence electrons. The molecule has 0 bridgehead atoms. The van der Waals surface area contributed by atoms with Crippen molar-refractivity contribution in [2.24, 2.45) is 40.4 Å². The Kier molecular flexibility index (Phi) is 6.04. The summed E-state index contributed by atoms with van der Waals surface area (Å²) in [6, 6.07) is 0. The number of carbonyl (C=O) groups is 2. The molecular weight excluding hydrogens is 404 g/mol. The fourth-order valence-corrected chi connectivity index (χ4v) is 8.29. The lowest BCUT2D eigenvalue weighted by Crippen LogP contribution is -2.56. The summed E-state index contributed by atoms with van der Waals surface area (Å²) in [7, 11) is 0. The van der Waals surface area contributed by atoms with Gasteiger partial charge in [-0.15, -0.1) is 0 Å². The zero-order valence-electron chi connectivity index (χ0n) is 20.4. The van der Waals surface area contributed by atoms with Crippen molar-refractivity contribution in [2.45, 2.75) is 104 Å². The first-order valence-electron chi connectivity index (χ1n) is 12.6. The van der Waals surface area contributed by atoms with Crippen LogP contribution < -0.4 is 0 Å². The molecule has 0 heterocycles. The molecule has 0 amide bonds. The molecular formula is C27H42O5. The predicted molar refractivity (Wildman–Crippen MR) is 123 cm³/mol. The zero-order valence-corrected chi connectivity index (χ0v) is 20.4. The molecule has 0 aromatic heterocycles. The van der Waals surface area contributed by atoms with Crippen LogP contribution in [0.15, 0.2) is 11.6 Å². The summed E-state index contributed by atoms with van der Waals surface area (Å²) < 4.78 is 0. The third-order valence-corrected chi connectivity index (χ3v) is 10.1. The van der Waals surface area contributed by atoms with E-state index in [0.717, 1.165) is 12.8 Å². The minimum Gasteiger partial charge on any atom is -0.392 e. The van der Waals surface area contributed by atoms with Gasteiger partial charge in [0.15, 0.2) is 5.78 Å². The van der Waals surface area contributed by atoms with Crippen molar-refractivity contribution in [3.63, 3.8) is 0 Å². The topological polar surface area (TPSA) is 94.8 Å². The first kappa shape index (κ1) is 24.1. The Hall–Kier alpha value is -1.04. The summed E-state index contributed by atoms with van der Waals surface area (Å²) in [5, 5.41) is 32.8. The van der Waals surface area contributed by atoms with Gasteiger partial charge in [0.2, 0.25) is 0 Å². The molecule has 5 heteroatoms. The monoisotopic (exact) mass is 446 g/mol. The Morgan fingerprint density at radius 2 is 1.84 bits per heavy atom. The van der Waals surface area contributed by atoms with E-state index < -0.39 is 17.8 Å². The zero-order chi connectivity index (χ0) is 23.6. The molecule has 0 radical (unpaired) electrons. The Morgan fingerprint density at radius 3 is 2.50 bits per heavy atom. The van der Waals surface area contributed by atoms with Gasteiger partial charge in [0, 0.05) is 31.1 Å². The molecule has 0 aromatic rings. The fraction of sp³-hybridized carbons (Fsp3) is 0.852. The summed E-state index contributed by atoms with van der Waals surface area (Å²) in [5.41, 5.74) is -0.377. The molecule has 9 atom stereocenters. The van der Waals surface area contributed by atoms with Gasteiger partial charge in [-0.1, -0.05) is 32.4 Å². The number of hydrogen-bond acceptors (Lipinski definition) is 5. The highest BCUT2D eigenvalue weighted by atomic mass is 16.3. The van der Waals surface area contributed by atoms with Crippen LogP contribution in [-0.2, 0) is 9.59 Å². The Bertz CT molecular complexity index is 809. The van der Waals surface area contributed by atoms with E-state index in [1.807, 2.05) is 0 Å². The largest absolute Gasteiger partial charge is 0.392 e.